The highest BCUT2D eigenvalue weighted by Crippen LogP contribution is 2.24. The summed E-state index contributed by atoms with van der Waals surface area (Å²) in [5, 5.41) is 3.76. The molecule has 0 bridgehead atoms. The third-order valence-corrected chi connectivity index (χ3v) is 5.01. The molecule has 3 rings (SSSR count). The maximum absolute atomic E-state index is 11.6. The van der Waals surface area contributed by atoms with Gasteiger partial charge in [0, 0.05) is 56.9 Å². The van der Waals surface area contributed by atoms with Crippen LogP contribution in [0.25, 0.3) is 0 Å². The van der Waals surface area contributed by atoms with E-state index in [1.807, 2.05) is 24.1 Å². The van der Waals surface area contributed by atoms with Gasteiger partial charge in [-0.25, -0.2) is 0 Å². The molecule has 5 heteroatoms. The minimum Gasteiger partial charge on any atom is -0.497 e. The predicted octanol–water partition coefficient (Wildman–Crippen LogP) is 1.87. The second-order valence-electron chi connectivity index (χ2n) is 6.64. The van der Waals surface area contributed by atoms with E-state index in [0.717, 1.165) is 44.6 Å². The van der Waals surface area contributed by atoms with E-state index in [2.05, 4.69) is 22.3 Å². The molecule has 1 aromatic carbocycles. The lowest BCUT2D eigenvalue weighted by Gasteiger charge is -2.38. The van der Waals surface area contributed by atoms with Gasteiger partial charge >= 0.3 is 0 Å². The summed E-state index contributed by atoms with van der Waals surface area (Å²) in [5.74, 6) is 1.19. The molecule has 2 saturated heterocycles. The number of nitrogens with zero attached hydrogens (tertiary/aromatic N) is 2. The molecule has 2 fully saturated rings. The Balaban J connectivity index is 1.49. The molecule has 23 heavy (non-hydrogen) atoms. The summed E-state index contributed by atoms with van der Waals surface area (Å²) in [6, 6.07) is 9.30. The number of ether oxygens (including phenoxy) is 1. The number of piperidine rings is 2. The van der Waals surface area contributed by atoms with Crippen LogP contribution >= 0.6 is 0 Å². The highest BCUT2D eigenvalue weighted by Gasteiger charge is 2.26. The first kappa shape index (κ1) is 16.1. The van der Waals surface area contributed by atoms with Crippen LogP contribution in [0.15, 0.2) is 24.3 Å². The van der Waals surface area contributed by atoms with Crippen LogP contribution in [0.2, 0.25) is 0 Å². The van der Waals surface area contributed by atoms with E-state index < -0.39 is 0 Å². The van der Waals surface area contributed by atoms with Crippen LogP contribution in [-0.2, 0) is 4.79 Å². The smallest absolute Gasteiger partial charge is 0.222 e. The Morgan fingerprint density at radius 1 is 1.17 bits per heavy atom. The van der Waals surface area contributed by atoms with E-state index >= 15 is 0 Å². The highest BCUT2D eigenvalue weighted by molar-refractivity contribution is 5.76. The molecule has 0 saturated carbocycles. The van der Waals surface area contributed by atoms with Crippen molar-refractivity contribution in [2.45, 2.75) is 37.8 Å². The fourth-order valence-electron chi connectivity index (χ4n) is 3.59. The van der Waals surface area contributed by atoms with Gasteiger partial charge in [-0.05, 0) is 31.4 Å². The molecule has 2 aliphatic rings. The van der Waals surface area contributed by atoms with Crippen molar-refractivity contribution in [2.24, 2.45) is 0 Å². The van der Waals surface area contributed by atoms with Gasteiger partial charge in [-0.3, -0.25) is 4.79 Å². The Labute approximate surface area is 138 Å². The number of carbonyl (C=O) groups excluding carboxylic acids is 1. The van der Waals surface area contributed by atoms with Crippen LogP contribution in [0, 0.1) is 0 Å². The summed E-state index contributed by atoms with van der Waals surface area (Å²) >= 11 is 0. The molecule has 0 radical (unpaired) electrons. The molecule has 1 amide bonds. The number of rotatable bonds is 4. The fourth-order valence-corrected chi connectivity index (χ4v) is 3.59. The molecule has 1 aromatic rings. The Morgan fingerprint density at radius 2 is 1.96 bits per heavy atom. The first-order chi connectivity index (χ1) is 11.2. The first-order valence-corrected chi connectivity index (χ1v) is 8.54. The van der Waals surface area contributed by atoms with Crippen LogP contribution in [0.4, 0.5) is 5.69 Å². The molecule has 1 N–H and O–H groups in total. The molecule has 0 aromatic heterocycles. The lowest BCUT2D eigenvalue weighted by atomic mass is 9.99. The lowest BCUT2D eigenvalue weighted by Crippen LogP contribution is -2.52. The molecular formula is C18H27N3O2. The van der Waals surface area contributed by atoms with Gasteiger partial charge in [0.25, 0.3) is 0 Å². The van der Waals surface area contributed by atoms with Crippen molar-refractivity contribution in [3.8, 4) is 5.75 Å². The van der Waals surface area contributed by atoms with E-state index in [9.17, 15) is 4.79 Å². The summed E-state index contributed by atoms with van der Waals surface area (Å²) in [6.45, 7) is 2.97. The Hall–Kier alpha value is -1.75. The minimum absolute atomic E-state index is 0.274. The number of likely N-dealkylation sites (N-methyl/N-ethyl adjacent to an activating group) is 1. The van der Waals surface area contributed by atoms with Crippen molar-refractivity contribution in [1.29, 1.82) is 0 Å². The first-order valence-electron chi connectivity index (χ1n) is 8.54. The van der Waals surface area contributed by atoms with Gasteiger partial charge in [0.05, 0.1) is 7.11 Å². The zero-order chi connectivity index (χ0) is 16.2. The minimum atomic E-state index is 0.274. The van der Waals surface area contributed by atoms with Gasteiger partial charge in [-0.1, -0.05) is 6.07 Å². The van der Waals surface area contributed by atoms with Gasteiger partial charge in [-0.2, -0.15) is 0 Å². The van der Waals surface area contributed by atoms with Crippen LogP contribution in [0.3, 0.4) is 0 Å². The van der Waals surface area contributed by atoms with Gasteiger partial charge < -0.3 is 19.9 Å². The number of nitrogens with one attached hydrogen (secondary N) is 1. The molecule has 5 nitrogen and oxygen atoms in total. The van der Waals surface area contributed by atoms with Crippen molar-refractivity contribution in [2.75, 3.05) is 38.7 Å². The summed E-state index contributed by atoms with van der Waals surface area (Å²) in [6.07, 6.45) is 3.94. The molecule has 126 valence electrons. The van der Waals surface area contributed by atoms with Crippen LogP contribution in [-0.4, -0.2) is 56.7 Å². The maximum atomic E-state index is 11.6. The molecule has 0 unspecified atom stereocenters. The van der Waals surface area contributed by atoms with Crippen molar-refractivity contribution >= 4 is 11.6 Å². The van der Waals surface area contributed by atoms with Crippen molar-refractivity contribution in [1.82, 2.24) is 10.2 Å². The number of hydrogen-bond acceptors (Lipinski definition) is 4. The Morgan fingerprint density at radius 3 is 2.65 bits per heavy atom. The molecule has 0 aliphatic carbocycles. The van der Waals surface area contributed by atoms with Crippen molar-refractivity contribution < 1.29 is 9.53 Å². The summed E-state index contributed by atoms with van der Waals surface area (Å²) in [5.41, 5.74) is 1.24. The number of anilines is 1. The molecule has 1 atom stereocenters. The fraction of sp³-hybridized carbons (Fsp3) is 0.611. The van der Waals surface area contributed by atoms with Crippen LogP contribution < -0.4 is 15.0 Å². The number of likely N-dealkylation sites (tertiary alicyclic amines) is 1. The zero-order valence-electron chi connectivity index (χ0n) is 14.1. The molecule has 0 spiro atoms. The predicted molar refractivity (Wildman–Crippen MR) is 92.0 cm³/mol. The normalized spacial score (nSPS) is 23.2. The average Bonchev–Trinajstić information content (AvgIpc) is 2.59. The number of benzene rings is 1. The molecule has 2 aliphatic heterocycles. The van der Waals surface area contributed by atoms with Crippen molar-refractivity contribution in [3.05, 3.63) is 24.3 Å². The standard InChI is InChI=1S/C18H27N3O2/c1-20-13-15(6-7-18(20)22)19-14-8-10-21(11-9-14)16-4-3-5-17(12-16)23-2/h3-5,12,14-15,19H,6-11,13H2,1-2H3/t15-/m1/s1. The largest absolute Gasteiger partial charge is 0.497 e. The number of hydrogen-bond donors (Lipinski definition) is 1. The number of methoxy groups -OCH3 is 1. The number of amides is 1. The van der Waals surface area contributed by atoms with Crippen molar-refractivity contribution in [3.63, 3.8) is 0 Å². The van der Waals surface area contributed by atoms with Gasteiger partial charge in [0.2, 0.25) is 5.91 Å². The zero-order valence-corrected chi connectivity index (χ0v) is 14.1. The molecular weight excluding hydrogens is 290 g/mol. The molecule has 2 heterocycles. The van der Waals surface area contributed by atoms with Gasteiger partial charge in [0.1, 0.15) is 5.75 Å². The van der Waals surface area contributed by atoms with Crippen LogP contribution in [0.1, 0.15) is 25.7 Å². The SMILES string of the molecule is COc1cccc(N2CCC(N[C@@H]3CCC(=O)N(C)C3)CC2)c1. The topological polar surface area (TPSA) is 44.8 Å². The number of carbonyl (C=O) groups is 1. The summed E-state index contributed by atoms with van der Waals surface area (Å²) in [7, 11) is 3.61. The monoisotopic (exact) mass is 317 g/mol. The average molecular weight is 317 g/mol. The second-order valence-corrected chi connectivity index (χ2v) is 6.64. The lowest BCUT2D eigenvalue weighted by molar-refractivity contribution is -0.132. The summed E-state index contributed by atoms with van der Waals surface area (Å²) in [4.78, 5) is 15.8. The quantitative estimate of drug-likeness (QED) is 0.921. The Kier molecular flexibility index (Phi) is 5.06. The van der Waals surface area contributed by atoms with E-state index in [4.69, 9.17) is 4.74 Å². The Bertz CT molecular complexity index is 541. The third-order valence-electron chi connectivity index (χ3n) is 5.01. The van der Waals surface area contributed by atoms with E-state index in [0.29, 0.717) is 18.5 Å². The second kappa shape index (κ2) is 7.21. The third kappa shape index (κ3) is 3.96. The van der Waals surface area contributed by atoms with E-state index in [1.54, 1.807) is 7.11 Å². The van der Waals surface area contributed by atoms with Gasteiger partial charge in [-0.15, -0.1) is 0 Å². The summed E-state index contributed by atoms with van der Waals surface area (Å²) < 4.78 is 5.31. The maximum Gasteiger partial charge on any atom is 0.222 e. The van der Waals surface area contributed by atoms with E-state index in [-0.39, 0.29) is 5.91 Å². The van der Waals surface area contributed by atoms with E-state index in [1.165, 1.54) is 5.69 Å². The van der Waals surface area contributed by atoms with Gasteiger partial charge in [0.15, 0.2) is 0 Å². The van der Waals surface area contributed by atoms with Crippen LogP contribution in [0.5, 0.6) is 5.75 Å². The highest BCUT2D eigenvalue weighted by atomic mass is 16.5.